The van der Waals surface area contributed by atoms with Gasteiger partial charge in [0.25, 0.3) is 0 Å². The fraction of sp³-hybridized carbons (Fsp3) is 0.450. The third-order valence-electron chi connectivity index (χ3n) is 4.41. The predicted octanol–water partition coefficient (Wildman–Crippen LogP) is 3.33. The number of hydrogen-bond acceptors (Lipinski definition) is 5. The molecule has 1 aromatic heterocycles. The number of aliphatic imine (C=N–C) groups is 1. The van der Waals surface area contributed by atoms with Crippen LogP contribution in [0.5, 0.6) is 11.5 Å². The van der Waals surface area contributed by atoms with Crippen LogP contribution in [0.2, 0.25) is 0 Å². The van der Waals surface area contributed by atoms with Gasteiger partial charge in [-0.3, -0.25) is 9.89 Å². The van der Waals surface area contributed by atoms with E-state index in [0.29, 0.717) is 25.7 Å². The molecule has 3 N–H and O–H groups in total. The van der Waals surface area contributed by atoms with Crippen LogP contribution in [0.3, 0.4) is 0 Å². The summed E-state index contributed by atoms with van der Waals surface area (Å²) in [7, 11) is 0. The highest BCUT2D eigenvalue weighted by Gasteiger charge is 2.16. The van der Waals surface area contributed by atoms with Gasteiger partial charge in [0.15, 0.2) is 5.96 Å². The molecule has 6 nitrogen and oxygen atoms in total. The molecule has 0 spiro atoms. The summed E-state index contributed by atoms with van der Waals surface area (Å²) in [6.07, 6.45) is 1.13. The van der Waals surface area contributed by atoms with Crippen molar-refractivity contribution in [3.8, 4) is 11.5 Å². The predicted molar refractivity (Wildman–Crippen MR) is 112 cm³/mol. The van der Waals surface area contributed by atoms with Gasteiger partial charge in [0, 0.05) is 30.6 Å². The number of anilines is 1. The Labute approximate surface area is 165 Å². The van der Waals surface area contributed by atoms with Crippen LogP contribution >= 0.6 is 11.3 Å². The Hall–Kier alpha value is -2.25. The summed E-state index contributed by atoms with van der Waals surface area (Å²) < 4.78 is 11.2. The molecule has 7 heteroatoms. The number of guanidine groups is 1. The van der Waals surface area contributed by atoms with Crippen molar-refractivity contribution in [2.45, 2.75) is 26.8 Å². The van der Waals surface area contributed by atoms with Gasteiger partial charge in [-0.05, 0) is 49.4 Å². The molecule has 0 radical (unpaired) electrons. The first kappa shape index (κ1) is 19.5. The number of thiophene rings is 1. The van der Waals surface area contributed by atoms with Crippen LogP contribution in [0.1, 0.15) is 24.3 Å². The molecule has 2 aromatic rings. The van der Waals surface area contributed by atoms with Crippen LogP contribution in [-0.2, 0) is 13.0 Å². The molecule has 1 aliphatic rings. The van der Waals surface area contributed by atoms with Crippen molar-refractivity contribution in [2.24, 2.45) is 10.7 Å². The van der Waals surface area contributed by atoms with Gasteiger partial charge >= 0.3 is 0 Å². The zero-order chi connectivity index (χ0) is 19.1. The molecule has 1 aliphatic heterocycles. The minimum atomic E-state index is 0.387. The first-order valence-corrected chi connectivity index (χ1v) is 10.3. The highest BCUT2D eigenvalue weighted by atomic mass is 32.1. The summed E-state index contributed by atoms with van der Waals surface area (Å²) in [5.41, 5.74) is 8.32. The quantitative estimate of drug-likeness (QED) is 0.536. The molecule has 27 heavy (non-hydrogen) atoms. The van der Waals surface area contributed by atoms with Crippen molar-refractivity contribution in [2.75, 3.05) is 38.2 Å². The fourth-order valence-corrected chi connectivity index (χ4v) is 4.02. The fourth-order valence-electron chi connectivity index (χ4n) is 3.13. The van der Waals surface area contributed by atoms with E-state index in [1.54, 1.807) is 0 Å². The van der Waals surface area contributed by atoms with Gasteiger partial charge in [-0.25, -0.2) is 0 Å². The van der Waals surface area contributed by atoms with E-state index in [1.165, 1.54) is 10.4 Å². The summed E-state index contributed by atoms with van der Waals surface area (Å²) in [6.45, 7) is 8.75. The Kier molecular flexibility index (Phi) is 6.95. The van der Waals surface area contributed by atoms with Gasteiger partial charge < -0.3 is 20.5 Å². The standard InChI is InChI=1S/C20H28N4O2S/c1-3-25-16-5-6-18(26-4-2)17(13-16)23-20(21)22-9-11-24-10-7-19-15(14-24)8-12-27-19/h5-6,8,12-13H,3-4,7,9-11,14H2,1-2H3,(H3,21,22,23). The van der Waals surface area contributed by atoms with Gasteiger partial charge in [-0.15, -0.1) is 11.3 Å². The molecule has 146 valence electrons. The first-order valence-electron chi connectivity index (χ1n) is 9.43. The molecule has 3 rings (SSSR count). The molecule has 0 bridgehead atoms. The number of ether oxygens (including phenoxy) is 2. The van der Waals surface area contributed by atoms with E-state index in [2.05, 4.69) is 26.7 Å². The molecule has 0 unspecified atom stereocenters. The summed E-state index contributed by atoms with van der Waals surface area (Å²) in [4.78, 5) is 8.43. The lowest BCUT2D eigenvalue weighted by Crippen LogP contribution is -2.32. The third-order valence-corrected chi connectivity index (χ3v) is 5.43. The smallest absolute Gasteiger partial charge is 0.193 e. The number of hydrogen-bond donors (Lipinski definition) is 2. The van der Waals surface area contributed by atoms with Crippen LogP contribution < -0.4 is 20.5 Å². The molecule has 0 fully saturated rings. The van der Waals surface area contributed by atoms with Crippen LogP contribution in [0, 0.1) is 0 Å². The maximum absolute atomic E-state index is 6.10. The minimum Gasteiger partial charge on any atom is -0.494 e. The van der Waals surface area contributed by atoms with E-state index in [4.69, 9.17) is 15.2 Å². The lowest BCUT2D eigenvalue weighted by atomic mass is 10.1. The van der Waals surface area contributed by atoms with Crippen molar-refractivity contribution in [1.82, 2.24) is 4.90 Å². The van der Waals surface area contributed by atoms with Gasteiger partial charge in [-0.2, -0.15) is 0 Å². The highest BCUT2D eigenvalue weighted by Crippen LogP contribution is 2.29. The molecule has 0 amide bonds. The van der Waals surface area contributed by atoms with Crippen LogP contribution in [-0.4, -0.2) is 43.7 Å². The van der Waals surface area contributed by atoms with Gasteiger partial charge in [-0.1, -0.05) is 0 Å². The molecule has 0 atom stereocenters. The number of nitrogens with two attached hydrogens (primary N) is 1. The van der Waals surface area contributed by atoms with E-state index in [1.807, 2.05) is 43.4 Å². The van der Waals surface area contributed by atoms with E-state index in [0.717, 1.165) is 43.2 Å². The van der Waals surface area contributed by atoms with Crippen LogP contribution in [0.25, 0.3) is 0 Å². The monoisotopic (exact) mass is 388 g/mol. The largest absolute Gasteiger partial charge is 0.494 e. The Balaban J connectivity index is 1.56. The van der Waals surface area contributed by atoms with E-state index in [9.17, 15) is 0 Å². The van der Waals surface area contributed by atoms with E-state index >= 15 is 0 Å². The summed E-state index contributed by atoms with van der Waals surface area (Å²) >= 11 is 1.86. The number of rotatable bonds is 8. The molecular formula is C20H28N4O2S. The lowest BCUT2D eigenvalue weighted by Gasteiger charge is -2.26. The Morgan fingerprint density at radius 3 is 2.93 bits per heavy atom. The second kappa shape index (κ2) is 9.62. The van der Waals surface area contributed by atoms with Crippen molar-refractivity contribution in [1.29, 1.82) is 0 Å². The third kappa shape index (κ3) is 5.37. The molecule has 1 aromatic carbocycles. The first-order chi connectivity index (χ1) is 13.2. The second-order valence-electron chi connectivity index (χ2n) is 6.31. The van der Waals surface area contributed by atoms with Crippen LogP contribution in [0.4, 0.5) is 5.69 Å². The van der Waals surface area contributed by atoms with Gasteiger partial charge in [0.05, 0.1) is 25.4 Å². The average Bonchev–Trinajstić information content (AvgIpc) is 3.12. The molecule has 0 aliphatic carbocycles. The van der Waals surface area contributed by atoms with Crippen molar-refractivity contribution in [3.05, 3.63) is 40.1 Å². The number of nitrogens with one attached hydrogen (secondary N) is 1. The Morgan fingerprint density at radius 1 is 1.26 bits per heavy atom. The van der Waals surface area contributed by atoms with Crippen molar-refractivity contribution >= 4 is 23.0 Å². The topological polar surface area (TPSA) is 72.1 Å². The number of fused-ring (bicyclic) bond motifs is 1. The van der Waals surface area contributed by atoms with Crippen LogP contribution in [0.15, 0.2) is 34.6 Å². The SMILES string of the molecule is CCOc1ccc(OCC)c(NC(N)=NCCN2CCc3sccc3C2)c1. The zero-order valence-electron chi connectivity index (χ0n) is 16.0. The minimum absolute atomic E-state index is 0.387. The number of benzene rings is 1. The average molecular weight is 389 g/mol. The summed E-state index contributed by atoms with van der Waals surface area (Å²) in [5, 5.41) is 5.33. The maximum atomic E-state index is 6.10. The summed E-state index contributed by atoms with van der Waals surface area (Å²) in [5.74, 6) is 1.90. The van der Waals surface area contributed by atoms with E-state index in [-0.39, 0.29) is 0 Å². The second-order valence-corrected chi connectivity index (χ2v) is 7.31. The van der Waals surface area contributed by atoms with E-state index < -0.39 is 0 Å². The molecule has 2 heterocycles. The number of nitrogens with zero attached hydrogens (tertiary/aromatic N) is 2. The zero-order valence-corrected chi connectivity index (χ0v) is 16.8. The van der Waals surface area contributed by atoms with Crippen molar-refractivity contribution in [3.63, 3.8) is 0 Å². The highest BCUT2D eigenvalue weighted by molar-refractivity contribution is 7.10. The Bertz CT molecular complexity index is 775. The molecular weight excluding hydrogens is 360 g/mol. The molecule has 0 saturated carbocycles. The normalized spacial score (nSPS) is 14.7. The summed E-state index contributed by atoms with van der Waals surface area (Å²) in [6, 6.07) is 7.89. The van der Waals surface area contributed by atoms with Gasteiger partial charge in [0.2, 0.25) is 0 Å². The maximum Gasteiger partial charge on any atom is 0.193 e. The Morgan fingerprint density at radius 2 is 2.11 bits per heavy atom. The lowest BCUT2D eigenvalue weighted by molar-refractivity contribution is 0.264. The van der Waals surface area contributed by atoms with Crippen molar-refractivity contribution < 1.29 is 9.47 Å². The molecule has 0 saturated heterocycles. The van der Waals surface area contributed by atoms with Gasteiger partial charge in [0.1, 0.15) is 11.5 Å².